The summed E-state index contributed by atoms with van der Waals surface area (Å²) in [5.41, 5.74) is 5.16. The lowest BCUT2D eigenvalue weighted by atomic mass is 10.1. The highest BCUT2D eigenvalue weighted by Gasteiger charge is 2.02. The third kappa shape index (κ3) is 12.3. The lowest BCUT2D eigenvalue weighted by molar-refractivity contribution is -0.137. The molecule has 0 fully saturated rings. The fraction of sp³-hybridized carbons (Fsp3) is 0.462. The first kappa shape index (κ1) is 14.3. The number of hydrogen-bond acceptors (Lipinski definition) is 2. The van der Waals surface area contributed by atoms with Crippen LogP contribution in [0.4, 0.5) is 0 Å². The number of allylic oxidation sites excluding steroid dienone is 2. The Kier molecular flexibility index (Phi) is 6.76. The van der Waals surface area contributed by atoms with E-state index in [1.54, 1.807) is 12.2 Å². The van der Waals surface area contributed by atoms with Gasteiger partial charge >= 0.3 is 5.97 Å². The molecule has 0 amide bonds. The van der Waals surface area contributed by atoms with Crippen LogP contribution in [0.1, 0.15) is 33.1 Å². The van der Waals surface area contributed by atoms with Gasteiger partial charge in [0.25, 0.3) is 0 Å². The number of nitrogens with two attached hydrogens (primary N) is 1. The molecule has 86 valence electrons. The van der Waals surface area contributed by atoms with E-state index in [-0.39, 0.29) is 6.42 Å². The molecule has 16 heavy (non-hydrogen) atoms. The first-order valence-corrected chi connectivity index (χ1v) is 5.08. The Morgan fingerprint density at radius 2 is 2.00 bits per heavy atom. The average Bonchev–Trinajstić information content (AvgIpc) is 2.13. The van der Waals surface area contributed by atoms with Gasteiger partial charge in [0.15, 0.2) is 0 Å². The van der Waals surface area contributed by atoms with Gasteiger partial charge in [-0.05, 0) is 32.4 Å². The second kappa shape index (κ2) is 7.56. The van der Waals surface area contributed by atoms with Crippen molar-refractivity contribution in [3.8, 4) is 23.7 Å². The topological polar surface area (TPSA) is 63.3 Å². The Labute approximate surface area is 96.7 Å². The zero-order chi connectivity index (χ0) is 12.4. The van der Waals surface area contributed by atoms with Crippen LogP contribution < -0.4 is 5.73 Å². The van der Waals surface area contributed by atoms with Crippen molar-refractivity contribution < 1.29 is 9.90 Å². The van der Waals surface area contributed by atoms with Gasteiger partial charge in [-0.3, -0.25) is 4.79 Å². The summed E-state index contributed by atoms with van der Waals surface area (Å²) in [6.07, 6.45) is 4.61. The van der Waals surface area contributed by atoms with Crippen LogP contribution in [0, 0.1) is 23.7 Å². The quantitative estimate of drug-likeness (QED) is 0.559. The standard InChI is InChI=1S/C13H17NO2/c1-13(2,14)11-9-7-5-3-4-6-8-10-12(15)16/h5,7H,6,8,10,14H2,1-2H3,(H,15,16)/b7-5-. The number of carboxylic acids is 1. The van der Waals surface area contributed by atoms with Gasteiger partial charge in [0.1, 0.15) is 0 Å². The zero-order valence-electron chi connectivity index (χ0n) is 9.71. The summed E-state index contributed by atoms with van der Waals surface area (Å²) in [4.78, 5) is 10.2. The van der Waals surface area contributed by atoms with Crippen molar-refractivity contribution in [2.45, 2.75) is 38.6 Å². The van der Waals surface area contributed by atoms with E-state index < -0.39 is 11.5 Å². The highest BCUT2D eigenvalue weighted by molar-refractivity contribution is 5.66. The molecule has 3 N–H and O–H groups in total. The highest BCUT2D eigenvalue weighted by Crippen LogP contribution is 1.93. The molecule has 0 aliphatic carbocycles. The molecule has 0 aliphatic heterocycles. The number of carboxylic acid groups (broad SMARTS) is 1. The van der Waals surface area contributed by atoms with Crippen LogP contribution in [0.2, 0.25) is 0 Å². The second-order valence-electron chi connectivity index (χ2n) is 3.89. The van der Waals surface area contributed by atoms with E-state index in [0.29, 0.717) is 12.8 Å². The molecule has 3 heteroatoms. The summed E-state index contributed by atoms with van der Waals surface area (Å²) >= 11 is 0. The predicted molar refractivity (Wildman–Crippen MR) is 64.4 cm³/mol. The average molecular weight is 219 g/mol. The summed E-state index contributed by atoms with van der Waals surface area (Å²) < 4.78 is 0. The third-order valence-corrected chi connectivity index (χ3v) is 1.44. The summed E-state index contributed by atoms with van der Waals surface area (Å²) in [7, 11) is 0. The maximum Gasteiger partial charge on any atom is 0.303 e. The van der Waals surface area contributed by atoms with E-state index >= 15 is 0 Å². The summed E-state index contributed by atoms with van der Waals surface area (Å²) in [6.45, 7) is 3.65. The van der Waals surface area contributed by atoms with E-state index in [4.69, 9.17) is 10.8 Å². The number of hydrogen-bond donors (Lipinski definition) is 2. The number of rotatable bonds is 3. The number of carbonyl (C=O) groups is 1. The lowest BCUT2D eigenvalue weighted by Gasteiger charge is -2.06. The Bertz CT molecular complexity index is 367. The van der Waals surface area contributed by atoms with Crippen molar-refractivity contribution in [1.82, 2.24) is 0 Å². The van der Waals surface area contributed by atoms with Crippen LogP contribution in [-0.2, 0) is 4.79 Å². The Balaban J connectivity index is 3.79. The minimum absolute atomic E-state index is 0.166. The summed E-state index contributed by atoms with van der Waals surface area (Å²) in [5, 5.41) is 8.37. The lowest BCUT2D eigenvalue weighted by Crippen LogP contribution is -2.29. The van der Waals surface area contributed by atoms with Crippen LogP contribution in [0.25, 0.3) is 0 Å². The Morgan fingerprint density at radius 1 is 1.38 bits per heavy atom. The van der Waals surface area contributed by atoms with Gasteiger partial charge in [0.2, 0.25) is 0 Å². The first-order chi connectivity index (χ1) is 7.42. The molecule has 0 bridgehead atoms. The van der Waals surface area contributed by atoms with Crippen molar-refractivity contribution in [1.29, 1.82) is 0 Å². The fourth-order valence-electron chi connectivity index (χ4n) is 0.770. The molecule has 0 spiro atoms. The molecule has 0 unspecified atom stereocenters. The molecule has 0 atom stereocenters. The molecule has 0 aromatic heterocycles. The van der Waals surface area contributed by atoms with Crippen molar-refractivity contribution in [2.75, 3.05) is 0 Å². The Morgan fingerprint density at radius 3 is 2.56 bits per heavy atom. The van der Waals surface area contributed by atoms with Crippen LogP contribution in [0.5, 0.6) is 0 Å². The van der Waals surface area contributed by atoms with Gasteiger partial charge in [-0.1, -0.05) is 23.7 Å². The summed E-state index contributed by atoms with van der Waals surface area (Å²) in [5.74, 6) is 10.5. The van der Waals surface area contributed by atoms with E-state index in [9.17, 15) is 4.79 Å². The van der Waals surface area contributed by atoms with Crippen molar-refractivity contribution in [3.63, 3.8) is 0 Å². The van der Waals surface area contributed by atoms with Gasteiger partial charge in [-0.2, -0.15) is 0 Å². The van der Waals surface area contributed by atoms with E-state index in [1.807, 2.05) is 13.8 Å². The second-order valence-corrected chi connectivity index (χ2v) is 3.89. The predicted octanol–water partition coefficient (Wildman–Crippen LogP) is 1.54. The van der Waals surface area contributed by atoms with Crippen LogP contribution in [0.3, 0.4) is 0 Å². The van der Waals surface area contributed by atoms with Crippen molar-refractivity contribution in [3.05, 3.63) is 12.2 Å². The molecule has 0 aromatic carbocycles. The maximum atomic E-state index is 10.2. The molecule has 0 radical (unpaired) electrons. The number of aliphatic carboxylic acids is 1. The van der Waals surface area contributed by atoms with Gasteiger partial charge in [0, 0.05) is 12.8 Å². The van der Waals surface area contributed by atoms with Gasteiger partial charge in [-0.15, -0.1) is 0 Å². The van der Waals surface area contributed by atoms with Crippen molar-refractivity contribution in [2.24, 2.45) is 5.73 Å². The molecule has 0 saturated carbocycles. The highest BCUT2D eigenvalue weighted by atomic mass is 16.4. The van der Waals surface area contributed by atoms with E-state index in [0.717, 1.165) is 0 Å². The molecule has 0 heterocycles. The van der Waals surface area contributed by atoms with Gasteiger partial charge < -0.3 is 10.8 Å². The normalized spacial score (nSPS) is 10.2. The molecular weight excluding hydrogens is 202 g/mol. The molecule has 0 aromatic rings. The minimum Gasteiger partial charge on any atom is -0.481 e. The van der Waals surface area contributed by atoms with E-state index in [2.05, 4.69) is 23.7 Å². The first-order valence-electron chi connectivity index (χ1n) is 5.08. The van der Waals surface area contributed by atoms with Crippen LogP contribution in [-0.4, -0.2) is 16.6 Å². The maximum absolute atomic E-state index is 10.2. The minimum atomic E-state index is -0.784. The Hall–Kier alpha value is -1.71. The monoisotopic (exact) mass is 219 g/mol. The van der Waals surface area contributed by atoms with Gasteiger partial charge in [-0.25, -0.2) is 0 Å². The number of unbranched alkanes of at least 4 members (excludes halogenated alkanes) is 1. The molecule has 3 nitrogen and oxygen atoms in total. The van der Waals surface area contributed by atoms with Crippen molar-refractivity contribution >= 4 is 5.97 Å². The van der Waals surface area contributed by atoms with E-state index in [1.165, 1.54) is 0 Å². The van der Waals surface area contributed by atoms with Crippen LogP contribution in [0.15, 0.2) is 12.2 Å². The SMILES string of the molecule is CC(C)(N)C#C/C=C\C#CCCCC(=O)O. The molecule has 0 rings (SSSR count). The third-order valence-electron chi connectivity index (χ3n) is 1.44. The molecule has 0 saturated heterocycles. The molecule has 0 aliphatic rings. The smallest absolute Gasteiger partial charge is 0.303 e. The zero-order valence-corrected chi connectivity index (χ0v) is 9.71. The fourth-order valence-corrected chi connectivity index (χ4v) is 0.770. The van der Waals surface area contributed by atoms with Gasteiger partial charge in [0.05, 0.1) is 5.54 Å². The summed E-state index contributed by atoms with van der Waals surface area (Å²) in [6, 6.07) is 0. The molecular formula is C13H17NO2. The largest absolute Gasteiger partial charge is 0.481 e. The van der Waals surface area contributed by atoms with Crippen LogP contribution >= 0.6 is 0 Å².